The predicted octanol–water partition coefficient (Wildman–Crippen LogP) is 1.36. The topological polar surface area (TPSA) is 84.9 Å². The van der Waals surface area contributed by atoms with Crippen LogP contribution in [-0.2, 0) is 25.5 Å². The highest BCUT2D eigenvalue weighted by Crippen LogP contribution is 2.43. The Morgan fingerprint density at radius 3 is 2.87 bits per heavy atom. The van der Waals surface area contributed by atoms with E-state index >= 15 is 0 Å². The van der Waals surface area contributed by atoms with Gasteiger partial charge in [-0.1, -0.05) is 0 Å². The highest BCUT2D eigenvalue weighted by molar-refractivity contribution is 7.10. The van der Waals surface area contributed by atoms with Crippen LogP contribution < -0.4 is 5.32 Å². The Morgan fingerprint density at radius 1 is 1.30 bits per heavy atom. The maximum atomic E-state index is 12.5. The normalized spacial score (nSPS) is 35.0. The van der Waals surface area contributed by atoms with Gasteiger partial charge in [-0.05, 0) is 29.9 Å². The van der Waals surface area contributed by atoms with E-state index in [1.807, 2.05) is 11.4 Å². The second kappa shape index (κ2) is 5.89. The van der Waals surface area contributed by atoms with Crippen LogP contribution in [-0.4, -0.2) is 42.3 Å². The number of ether oxygens (including phenoxy) is 2. The first-order valence-corrected chi connectivity index (χ1v) is 8.87. The largest absolute Gasteiger partial charge is 0.481 e. The van der Waals surface area contributed by atoms with Crippen molar-refractivity contribution in [3.63, 3.8) is 0 Å². The number of hydrogen-bond donors (Lipinski definition) is 2. The van der Waals surface area contributed by atoms with Crippen LogP contribution in [0.2, 0.25) is 0 Å². The summed E-state index contributed by atoms with van der Waals surface area (Å²) < 4.78 is 11.4. The van der Waals surface area contributed by atoms with Gasteiger partial charge in [0.05, 0.1) is 30.7 Å². The van der Waals surface area contributed by atoms with E-state index < -0.39 is 17.8 Å². The number of thiophene rings is 1. The van der Waals surface area contributed by atoms with Crippen molar-refractivity contribution in [3.05, 3.63) is 21.9 Å². The third-order valence-corrected chi connectivity index (χ3v) is 6.09. The van der Waals surface area contributed by atoms with Gasteiger partial charge in [0, 0.05) is 17.8 Å². The van der Waals surface area contributed by atoms with Gasteiger partial charge < -0.3 is 19.9 Å². The molecule has 1 aromatic heterocycles. The summed E-state index contributed by atoms with van der Waals surface area (Å²) in [5.74, 6) is -2.48. The molecule has 2 saturated heterocycles. The third kappa shape index (κ3) is 2.56. The van der Waals surface area contributed by atoms with Gasteiger partial charge in [0.1, 0.15) is 6.10 Å². The molecule has 0 spiro atoms. The molecule has 1 aromatic rings. The molecule has 7 heteroatoms. The number of carbonyl (C=O) groups is 2. The summed E-state index contributed by atoms with van der Waals surface area (Å²) in [7, 11) is 0. The highest BCUT2D eigenvalue weighted by Gasteiger charge is 2.55. The lowest BCUT2D eigenvalue weighted by Crippen LogP contribution is -2.45. The van der Waals surface area contributed by atoms with Gasteiger partial charge in [-0.25, -0.2) is 0 Å². The van der Waals surface area contributed by atoms with Gasteiger partial charge >= 0.3 is 5.97 Å². The molecule has 6 nitrogen and oxygen atoms in total. The standard InChI is InChI=1S/C16H19NO5S/c18-15(13-9-1-2-10(22-9)14(13)16(19)20)17-7-11-8-4-6-23-12(8)3-5-21-11/h4,6,9-11,13-14H,1-3,5,7H2,(H,17,18)(H,19,20)/t9-,10+,11?,13?,14?/m1/s1. The van der Waals surface area contributed by atoms with Crippen molar-refractivity contribution < 1.29 is 24.2 Å². The van der Waals surface area contributed by atoms with E-state index in [1.54, 1.807) is 11.3 Å². The van der Waals surface area contributed by atoms with E-state index in [9.17, 15) is 14.7 Å². The molecular formula is C16H19NO5S. The monoisotopic (exact) mass is 337 g/mol. The minimum absolute atomic E-state index is 0.142. The molecule has 0 aliphatic carbocycles. The molecule has 5 atom stereocenters. The summed E-state index contributed by atoms with van der Waals surface area (Å²) in [6, 6.07) is 2.04. The lowest BCUT2D eigenvalue weighted by atomic mass is 9.78. The molecule has 0 aromatic carbocycles. The Kier molecular flexibility index (Phi) is 3.87. The number of carboxylic acid groups (broad SMARTS) is 1. The van der Waals surface area contributed by atoms with Crippen molar-refractivity contribution in [1.29, 1.82) is 0 Å². The fraction of sp³-hybridized carbons (Fsp3) is 0.625. The van der Waals surface area contributed by atoms with E-state index in [-0.39, 0.29) is 24.2 Å². The number of hydrogen-bond acceptors (Lipinski definition) is 5. The molecule has 3 aliphatic rings. The molecular weight excluding hydrogens is 318 g/mol. The Morgan fingerprint density at radius 2 is 2.09 bits per heavy atom. The van der Waals surface area contributed by atoms with Gasteiger partial charge in [0.2, 0.25) is 5.91 Å². The molecule has 3 aliphatic heterocycles. The van der Waals surface area contributed by atoms with Crippen molar-refractivity contribution in [3.8, 4) is 0 Å². The fourth-order valence-electron chi connectivity index (χ4n) is 4.03. The molecule has 0 saturated carbocycles. The Labute approximate surface area is 137 Å². The van der Waals surface area contributed by atoms with Gasteiger partial charge in [-0.3, -0.25) is 9.59 Å². The molecule has 4 heterocycles. The highest BCUT2D eigenvalue weighted by atomic mass is 32.1. The molecule has 4 rings (SSSR count). The SMILES string of the molecule is O=C(O)C1C(C(=O)NCC2OCCc3sccc32)[C@H]2CC[C@@H]1O2. The van der Waals surface area contributed by atoms with Gasteiger partial charge in [0.25, 0.3) is 0 Å². The van der Waals surface area contributed by atoms with Crippen molar-refractivity contribution in [1.82, 2.24) is 5.32 Å². The zero-order valence-electron chi connectivity index (χ0n) is 12.6. The molecule has 3 unspecified atom stereocenters. The number of amides is 1. The summed E-state index contributed by atoms with van der Waals surface area (Å²) >= 11 is 1.71. The van der Waals surface area contributed by atoms with Crippen molar-refractivity contribution in [2.24, 2.45) is 11.8 Å². The summed E-state index contributed by atoms with van der Waals surface area (Å²) in [6.45, 7) is 1.03. The first kappa shape index (κ1) is 15.1. The van der Waals surface area contributed by atoms with Crippen molar-refractivity contribution in [2.75, 3.05) is 13.2 Å². The maximum Gasteiger partial charge on any atom is 0.310 e. The second-order valence-corrected chi connectivity index (χ2v) is 7.33. The molecule has 124 valence electrons. The summed E-state index contributed by atoms with van der Waals surface area (Å²) in [4.78, 5) is 25.3. The van der Waals surface area contributed by atoms with Crippen LogP contribution in [0.15, 0.2) is 11.4 Å². The smallest absolute Gasteiger partial charge is 0.310 e. The van der Waals surface area contributed by atoms with Crippen LogP contribution in [0.25, 0.3) is 0 Å². The third-order valence-electron chi connectivity index (χ3n) is 5.10. The minimum atomic E-state index is -0.939. The molecule has 2 N–H and O–H groups in total. The van der Waals surface area contributed by atoms with Gasteiger partial charge in [-0.15, -0.1) is 11.3 Å². The van der Waals surface area contributed by atoms with E-state index in [0.717, 1.165) is 24.8 Å². The van der Waals surface area contributed by atoms with Crippen molar-refractivity contribution in [2.45, 2.75) is 37.6 Å². The fourth-order valence-corrected chi connectivity index (χ4v) is 4.94. The molecule has 23 heavy (non-hydrogen) atoms. The number of aliphatic carboxylic acids is 1. The van der Waals surface area contributed by atoms with Crippen LogP contribution in [0.3, 0.4) is 0 Å². The number of fused-ring (bicyclic) bond motifs is 3. The van der Waals surface area contributed by atoms with E-state index in [2.05, 4.69) is 5.32 Å². The number of rotatable bonds is 4. The Hall–Kier alpha value is -1.44. The average molecular weight is 337 g/mol. The molecule has 0 radical (unpaired) electrons. The first-order valence-electron chi connectivity index (χ1n) is 7.99. The Bertz CT molecular complexity index is 630. The predicted molar refractivity (Wildman–Crippen MR) is 82.2 cm³/mol. The van der Waals surface area contributed by atoms with Gasteiger partial charge in [0.15, 0.2) is 0 Å². The van der Waals surface area contributed by atoms with Crippen LogP contribution >= 0.6 is 11.3 Å². The van der Waals surface area contributed by atoms with E-state index in [0.29, 0.717) is 13.2 Å². The minimum Gasteiger partial charge on any atom is -0.481 e. The summed E-state index contributed by atoms with van der Waals surface area (Å²) in [5.41, 5.74) is 1.14. The lowest BCUT2D eigenvalue weighted by molar-refractivity contribution is -0.148. The summed E-state index contributed by atoms with van der Waals surface area (Å²) in [6.07, 6.45) is 1.69. The first-order chi connectivity index (χ1) is 11.1. The van der Waals surface area contributed by atoms with Gasteiger partial charge in [-0.2, -0.15) is 0 Å². The summed E-state index contributed by atoms with van der Waals surface area (Å²) in [5, 5.41) is 14.3. The number of nitrogens with one attached hydrogen (secondary N) is 1. The van der Waals surface area contributed by atoms with E-state index in [4.69, 9.17) is 9.47 Å². The van der Waals surface area contributed by atoms with Crippen LogP contribution in [0, 0.1) is 11.8 Å². The van der Waals surface area contributed by atoms with E-state index in [1.165, 1.54) is 4.88 Å². The van der Waals surface area contributed by atoms with Crippen molar-refractivity contribution >= 4 is 23.2 Å². The average Bonchev–Trinajstić information content (AvgIpc) is 3.26. The van der Waals surface area contributed by atoms with Crippen LogP contribution in [0.5, 0.6) is 0 Å². The molecule has 2 fully saturated rings. The zero-order valence-corrected chi connectivity index (χ0v) is 13.4. The quantitative estimate of drug-likeness (QED) is 0.866. The molecule has 2 bridgehead atoms. The number of carboxylic acids is 1. The zero-order chi connectivity index (χ0) is 16.0. The number of carbonyl (C=O) groups excluding carboxylic acids is 1. The lowest BCUT2D eigenvalue weighted by Gasteiger charge is -2.27. The Balaban J connectivity index is 1.42. The second-order valence-electron chi connectivity index (χ2n) is 6.33. The van der Waals surface area contributed by atoms with Crippen LogP contribution in [0.4, 0.5) is 0 Å². The molecule has 1 amide bonds. The van der Waals surface area contributed by atoms with Crippen LogP contribution in [0.1, 0.15) is 29.4 Å². The maximum absolute atomic E-state index is 12.5.